The van der Waals surface area contributed by atoms with Crippen molar-refractivity contribution in [2.45, 2.75) is 25.8 Å². The number of nitrogens with zero attached hydrogens (tertiary/aromatic N) is 2. The van der Waals surface area contributed by atoms with Crippen molar-refractivity contribution in [3.63, 3.8) is 0 Å². The average molecular weight is 292 g/mol. The summed E-state index contributed by atoms with van der Waals surface area (Å²) in [6, 6.07) is 8.79. The molecule has 3 N–H and O–H groups in total. The summed E-state index contributed by atoms with van der Waals surface area (Å²) in [6.07, 6.45) is 2.00. The van der Waals surface area contributed by atoms with Gasteiger partial charge in [-0.15, -0.1) is 0 Å². The summed E-state index contributed by atoms with van der Waals surface area (Å²) in [5.41, 5.74) is 8.36. The van der Waals surface area contributed by atoms with Crippen molar-refractivity contribution in [1.29, 1.82) is 0 Å². The number of methoxy groups -OCH3 is 1. The van der Waals surface area contributed by atoms with Crippen molar-refractivity contribution in [3.05, 3.63) is 29.8 Å². The smallest absolute Gasteiger partial charge is 0.188 e. The van der Waals surface area contributed by atoms with Gasteiger partial charge in [0.25, 0.3) is 0 Å². The van der Waals surface area contributed by atoms with E-state index in [2.05, 4.69) is 39.5 Å². The van der Waals surface area contributed by atoms with E-state index in [0.717, 1.165) is 19.4 Å². The van der Waals surface area contributed by atoms with Crippen LogP contribution in [0.4, 0.5) is 5.69 Å². The Kier molecular flexibility index (Phi) is 7.61. The second-order valence-electron chi connectivity index (χ2n) is 5.43. The first kappa shape index (κ1) is 17.3. The summed E-state index contributed by atoms with van der Waals surface area (Å²) >= 11 is 0. The Balaban J connectivity index is 2.29. The lowest BCUT2D eigenvalue weighted by Crippen LogP contribution is -2.40. The number of benzene rings is 1. The number of nitrogens with one attached hydrogen (secondary N) is 1. The predicted molar refractivity (Wildman–Crippen MR) is 90.1 cm³/mol. The van der Waals surface area contributed by atoms with Gasteiger partial charge in [0, 0.05) is 39.5 Å². The lowest BCUT2D eigenvalue weighted by Gasteiger charge is -2.13. The van der Waals surface area contributed by atoms with Gasteiger partial charge in [0.1, 0.15) is 0 Å². The van der Waals surface area contributed by atoms with Gasteiger partial charge in [0.05, 0.1) is 6.61 Å². The number of hydrogen-bond acceptors (Lipinski definition) is 3. The SMILES string of the molecule is COCC(C)NC(N)=NCCCc1ccc(N(C)C)cc1. The molecule has 0 amide bonds. The molecule has 0 fully saturated rings. The number of ether oxygens (including phenoxy) is 1. The number of nitrogens with two attached hydrogens (primary N) is 1. The van der Waals surface area contributed by atoms with Gasteiger partial charge in [0.15, 0.2) is 5.96 Å². The molecule has 0 radical (unpaired) electrons. The molecule has 0 saturated heterocycles. The zero-order valence-corrected chi connectivity index (χ0v) is 13.6. The van der Waals surface area contributed by atoms with Crippen LogP contribution in [0.3, 0.4) is 0 Å². The molecule has 0 aliphatic heterocycles. The van der Waals surface area contributed by atoms with E-state index in [4.69, 9.17) is 10.5 Å². The van der Waals surface area contributed by atoms with Crippen LogP contribution < -0.4 is 16.0 Å². The third-order valence-electron chi connectivity index (χ3n) is 3.17. The molecule has 0 saturated carbocycles. The van der Waals surface area contributed by atoms with Crippen LogP contribution in [0.15, 0.2) is 29.3 Å². The molecule has 1 aromatic carbocycles. The zero-order chi connectivity index (χ0) is 15.7. The molecule has 21 heavy (non-hydrogen) atoms. The first-order chi connectivity index (χ1) is 10.0. The highest BCUT2D eigenvalue weighted by atomic mass is 16.5. The second kappa shape index (κ2) is 9.23. The Bertz CT molecular complexity index is 428. The van der Waals surface area contributed by atoms with Crippen LogP contribution in [0.1, 0.15) is 18.9 Å². The quantitative estimate of drug-likeness (QED) is 0.434. The van der Waals surface area contributed by atoms with E-state index in [0.29, 0.717) is 12.6 Å². The van der Waals surface area contributed by atoms with Crippen molar-refractivity contribution >= 4 is 11.6 Å². The first-order valence-electron chi connectivity index (χ1n) is 7.34. The number of aliphatic imine (C=N–C) groups is 1. The molecular formula is C16H28N4O. The normalized spacial score (nSPS) is 13.0. The summed E-state index contributed by atoms with van der Waals surface area (Å²) < 4.78 is 5.04. The lowest BCUT2D eigenvalue weighted by atomic mass is 10.1. The Morgan fingerprint density at radius 2 is 2.00 bits per heavy atom. The number of aryl methyl sites for hydroxylation is 1. The fourth-order valence-corrected chi connectivity index (χ4v) is 2.03. The highest BCUT2D eigenvalue weighted by Crippen LogP contribution is 2.13. The van der Waals surface area contributed by atoms with Crippen LogP contribution in [0, 0.1) is 0 Å². The van der Waals surface area contributed by atoms with Gasteiger partial charge in [-0.2, -0.15) is 0 Å². The Morgan fingerprint density at radius 3 is 2.57 bits per heavy atom. The van der Waals surface area contributed by atoms with E-state index < -0.39 is 0 Å². The van der Waals surface area contributed by atoms with Gasteiger partial charge < -0.3 is 20.7 Å². The summed E-state index contributed by atoms with van der Waals surface area (Å²) in [4.78, 5) is 6.43. The van der Waals surface area contributed by atoms with Crippen molar-refractivity contribution < 1.29 is 4.74 Å². The largest absolute Gasteiger partial charge is 0.383 e. The van der Waals surface area contributed by atoms with Crippen molar-refractivity contribution in [2.24, 2.45) is 10.7 Å². The van der Waals surface area contributed by atoms with Crippen LogP contribution in [0.25, 0.3) is 0 Å². The van der Waals surface area contributed by atoms with E-state index in [1.54, 1.807) is 7.11 Å². The van der Waals surface area contributed by atoms with Crippen molar-refractivity contribution in [1.82, 2.24) is 5.32 Å². The lowest BCUT2D eigenvalue weighted by molar-refractivity contribution is 0.179. The van der Waals surface area contributed by atoms with Crippen LogP contribution >= 0.6 is 0 Å². The molecule has 1 aromatic rings. The van der Waals surface area contributed by atoms with Crippen LogP contribution in [0.5, 0.6) is 0 Å². The van der Waals surface area contributed by atoms with Crippen molar-refractivity contribution in [3.8, 4) is 0 Å². The molecule has 0 heterocycles. The maximum absolute atomic E-state index is 5.82. The highest BCUT2D eigenvalue weighted by molar-refractivity contribution is 5.78. The second-order valence-corrected chi connectivity index (χ2v) is 5.43. The molecule has 1 unspecified atom stereocenters. The van der Waals surface area contributed by atoms with Gasteiger partial charge in [-0.05, 0) is 37.5 Å². The topological polar surface area (TPSA) is 62.9 Å². The third kappa shape index (κ3) is 6.99. The number of hydrogen-bond donors (Lipinski definition) is 2. The zero-order valence-electron chi connectivity index (χ0n) is 13.6. The molecule has 118 valence electrons. The van der Waals surface area contributed by atoms with Gasteiger partial charge in [-0.1, -0.05) is 12.1 Å². The predicted octanol–water partition coefficient (Wildman–Crippen LogP) is 1.62. The van der Waals surface area contributed by atoms with Gasteiger partial charge >= 0.3 is 0 Å². The molecule has 1 rings (SSSR count). The molecule has 1 atom stereocenters. The van der Waals surface area contributed by atoms with Crippen molar-refractivity contribution in [2.75, 3.05) is 39.3 Å². The van der Waals surface area contributed by atoms with Gasteiger partial charge in [-0.25, -0.2) is 0 Å². The summed E-state index contributed by atoms with van der Waals surface area (Å²) in [5.74, 6) is 0.488. The molecule has 0 aromatic heterocycles. The van der Waals surface area contributed by atoms with E-state index >= 15 is 0 Å². The first-order valence-corrected chi connectivity index (χ1v) is 7.34. The Labute approximate surface area is 128 Å². The number of rotatable bonds is 8. The summed E-state index contributed by atoms with van der Waals surface area (Å²) in [7, 11) is 5.77. The Morgan fingerprint density at radius 1 is 1.33 bits per heavy atom. The minimum Gasteiger partial charge on any atom is -0.383 e. The molecule has 0 spiro atoms. The molecular weight excluding hydrogens is 264 g/mol. The third-order valence-corrected chi connectivity index (χ3v) is 3.17. The van der Waals surface area contributed by atoms with E-state index in [1.165, 1.54) is 11.3 Å². The van der Waals surface area contributed by atoms with Crippen LogP contribution in [0.2, 0.25) is 0 Å². The van der Waals surface area contributed by atoms with E-state index in [9.17, 15) is 0 Å². The molecule has 0 aliphatic rings. The maximum Gasteiger partial charge on any atom is 0.188 e. The number of anilines is 1. The summed E-state index contributed by atoms with van der Waals surface area (Å²) in [6.45, 7) is 3.36. The minimum absolute atomic E-state index is 0.178. The van der Waals surface area contributed by atoms with Gasteiger partial charge in [-0.3, -0.25) is 4.99 Å². The van der Waals surface area contributed by atoms with E-state index in [-0.39, 0.29) is 6.04 Å². The van der Waals surface area contributed by atoms with Crippen LogP contribution in [-0.2, 0) is 11.2 Å². The number of guanidine groups is 1. The maximum atomic E-state index is 5.82. The molecule has 5 nitrogen and oxygen atoms in total. The Hall–Kier alpha value is -1.75. The average Bonchev–Trinajstić information content (AvgIpc) is 2.44. The molecule has 5 heteroatoms. The molecule has 0 aliphatic carbocycles. The summed E-state index contributed by atoms with van der Waals surface area (Å²) in [5, 5.41) is 3.10. The standard InChI is InChI=1S/C16H28N4O/c1-13(12-21-4)19-16(17)18-11-5-6-14-7-9-15(10-8-14)20(2)3/h7-10,13H,5-6,11-12H2,1-4H3,(H3,17,18,19). The van der Waals surface area contributed by atoms with Crippen LogP contribution in [-0.4, -0.2) is 46.4 Å². The minimum atomic E-state index is 0.178. The fourth-order valence-electron chi connectivity index (χ4n) is 2.03. The van der Waals surface area contributed by atoms with E-state index in [1.807, 2.05) is 21.0 Å². The molecule has 0 bridgehead atoms. The van der Waals surface area contributed by atoms with Gasteiger partial charge in [0.2, 0.25) is 0 Å². The monoisotopic (exact) mass is 292 g/mol. The fraction of sp³-hybridized carbons (Fsp3) is 0.562. The highest BCUT2D eigenvalue weighted by Gasteiger charge is 2.01.